The van der Waals surface area contributed by atoms with Crippen molar-refractivity contribution < 1.29 is 23.1 Å². The molecule has 132 valence electrons. The lowest BCUT2D eigenvalue weighted by molar-refractivity contribution is -0.137. The summed E-state index contributed by atoms with van der Waals surface area (Å²) in [4.78, 5) is 13.5. The second-order valence-electron chi connectivity index (χ2n) is 4.76. The molecule has 0 aliphatic carbocycles. The van der Waals surface area contributed by atoms with Crippen molar-refractivity contribution in [2.45, 2.75) is 18.7 Å². The fraction of sp³-hybridized carbons (Fsp3) is 0.353. The zero-order chi connectivity index (χ0) is 18.0. The molecule has 24 heavy (non-hydrogen) atoms. The van der Waals surface area contributed by atoms with Gasteiger partial charge in [-0.25, -0.2) is 13.2 Å². The third kappa shape index (κ3) is 5.50. The molecule has 0 bridgehead atoms. The van der Waals surface area contributed by atoms with Gasteiger partial charge in [0.1, 0.15) is 0 Å². The third-order valence-electron chi connectivity index (χ3n) is 3.16. The molecular weight excluding hydrogens is 330 g/mol. The summed E-state index contributed by atoms with van der Waals surface area (Å²) in [7, 11) is -3.97. The lowest BCUT2D eigenvalue weighted by Gasteiger charge is -2.15. The molecule has 0 atom stereocenters. The molecule has 0 saturated carbocycles. The van der Waals surface area contributed by atoms with E-state index in [0.717, 1.165) is 0 Å². The lowest BCUT2D eigenvalue weighted by Crippen LogP contribution is -2.20. The van der Waals surface area contributed by atoms with E-state index in [2.05, 4.69) is 0 Å². The number of sulfone groups is 1. The van der Waals surface area contributed by atoms with Crippen LogP contribution in [0.4, 0.5) is 0 Å². The van der Waals surface area contributed by atoms with E-state index in [1.165, 1.54) is 24.3 Å². The quantitative estimate of drug-likeness (QED) is 0.414. The number of esters is 1. The Hall–Kier alpha value is -2.12. The van der Waals surface area contributed by atoms with Crippen LogP contribution in [-0.2, 0) is 19.4 Å². The van der Waals surface area contributed by atoms with Gasteiger partial charge in [-0.15, -0.1) is 0 Å². The van der Waals surface area contributed by atoms with E-state index in [1.807, 2.05) is 6.92 Å². The molecule has 1 N–H and O–H groups in total. The molecule has 0 amide bonds. The number of aliphatic hydroxyl groups excluding tert-OH is 1. The van der Waals surface area contributed by atoms with Crippen LogP contribution in [0.3, 0.4) is 0 Å². The second-order valence-corrected chi connectivity index (χ2v) is 6.68. The topological polar surface area (TPSA) is 83.9 Å². The van der Waals surface area contributed by atoms with Crippen molar-refractivity contribution in [3.63, 3.8) is 0 Å². The number of ether oxygens (including phenoxy) is 1. The third-order valence-corrected chi connectivity index (χ3v) is 4.93. The highest BCUT2D eigenvalue weighted by molar-refractivity contribution is 7.96. The summed E-state index contributed by atoms with van der Waals surface area (Å²) in [6.45, 7) is 4.63. The van der Waals surface area contributed by atoms with Crippen LogP contribution in [0.2, 0.25) is 0 Å². The zero-order valence-corrected chi connectivity index (χ0v) is 14.7. The number of hydrogen-bond acceptors (Lipinski definition) is 6. The number of rotatable bonds is 9. The summed E-state index contributed by atoms with van der Waals surface area (Å²) in [6, 6.07) is 7.73. The van der Waals surface area contributed by atoms with Crippen LogP contribution in [0.15, 0.2) is 58.5 Å². The van der Waals surface area contributed by atoms with Crippen LogP contribution in [0.5, 0.6) is 0 Å². The second kappa shape index (κ2) is 9.89. The maximum atomic E-state index is 12.7. The van der Waals surface area contributed by atoms with Gasteiger partial charge in [0.2, 0.25) is 9.84 Å². The van der Waals surface area contributed by atoms with Gasteiger partial charge in [0.25, 0.3) is 0 Å². The van der Waals surface area contributed by atoms with Crippen LogP contribution in [0.25, 0.3) is 0 Å². The van der Waals surface area contributed by atoms with E-state index in [4.69, 9.17) is 9.84 Å². The van der Waals surface area contributed by atoms with Crippen LogP contribution >= 0.6 is 0 Å². The van der Waals surface area contributed by atoms with Crippen LogP contribution in [0.1, 0.15) is 13.8 Å². The molecule has 0 unspecified atom stereocenters. The number of aliphatic hydroxyl groups is 1. The van der Waals surface area contributed by atoms with Crippen molar-refractivity contribution in [1.82, 2.24) is 4.90 Å². The molecule has 6 nitrogen and oxygen atoms in total. The maximum Gasteiger partial charge on any atom is 0.350 e. The summed E-state index contributed by atoms with van der Waals surface area (Å²) in [5, 5.41) is 8.95. The number of allylic oxidation sites excluding steroid dienone is 2. The van der Waals surface area contributed by atoms with E-state index in [-0.39, 0.29) is 18.1 Å². The Morgan fingerprint density at radius 3 is 2.46 bits per heavy atom. The van der Waals surface area contributed by atoms with Gasteiger partial charge in [-0.3, -0.25) is 0 Å². The highest BCUT2D eigenvalue weighted by Gasteiger charge is 2.27. The summed E-state index contributed by atoms with van der Waals surface area (Å²) in [5.41, 5.74) is 0. The number of nitrogens with zero attached hydrogens (tertiary/aromatic N) is 1. The molecule has 0 aliphatic rings. The van der Waals surface area contributed by atoms with Crippen molar-refractivity contribution >= 4 is 15.8 Å². The Kier molecular flexibility index (Phi) is 8.21. The number of carbonyl (C=O) groups is 1. The van der Waals surface area contributed by atoms with Crippen LogP contribution in [0, 0.1) is 0 Å². The molecule has 0 radical (unpaired) electrons. The summed E-state index contributed by atoms with van der Waals surface area (Å²) in [6.07, 6.45) is 4.31. The van der Waals surface area contributed by atoms with E-state index < -0.39 is 20.7 Å². The van der Waals surface area contributed by atoms with Gasteiger partial charge in [-0.2, -0.15) is 0 Å². The summed E-state index contributed by atoms with van der Waals surface area (Å²) >= 11 is 0. The van der Waals surface area contributed by atoms with Gasteiger partial charge in [0, 0.05) is 13.1 Å². The maximum absolute atomic E-state index is 12.7. The Morgan fingerprint density at radius 1 is 1.25 bits per heavy atom. The minimum Gasteiger partial charge on any atom is -0.462 e. The molecular formula is C17H23NO5S. The van der Waals surface area contributed by atoms with Gasteiger partial charge in [0.15, 0.2) is 4.91 Å². The highest BCUT2D eigenvalue weighted by Crippen LogP contribution is 2.20. The molecule has 0 fully saturated rings. The monoisotopic (exact) mass is 353 g/mol. The fourth-order valence-electron chi connectivity index (χ4n) is 1.91. The van der Waals surface area contributed by atoms with E-state index in [1.54, 1.807) is 36.2 Å². The fourth-order valence-corrected chi connectivity index (χ4v) is 3.22. The number of likely N-dealkylation sites (N-methyl/N-ethyl adjacent to an activating group) is 1. The van der Waals surface area contributed by atoms with Crippen molar-refractivity contribution in [3.8, 4) is 0 Å². The molecule has 1 aromatic rings. The van der Waals surface area contributed by atoms with Gasteiger partial charge >= 0.3 is 5.97 Å². The summed E-state index contributed by atoms with van der Waals surface area (Å²) in [5.74, 6) is -0.892. The van der Waals surface area contributed by atoms with Gasteiger partial charge < -0.3 is 14.7 Å². The van der Waals surface area contributed by atoms with Gasteiger partial charge in [-0.1, -0.05) is 18.2 Å². The Labute approximate surface area is 143 Å². The average molecular weight is 353 g/mol. The van der Waals surface area contributed by atoms with Crippen LogP contribution < -0.4 is 0 Å². The first-order valence-corrected chi connectivity index (χ1v) is 9.16. The smallest absolute Gasteiger partial charge is 0.350 e. The molecule has 1 rings (SSSR count). The predicted octanol–water partition coefficient (Wildman–Crippen LogP) is 1.74. The van der Waals surface area contributed by atoms with Crippen molar-refractivity contribution in [2.24, 2.45) is 0 Å². The molecule has 0 aromatic heterocycles. The summed E-state index contributed by atoms with van der Waals surface area (Å²) < 4.78 is 30.2. The molecule has 7 heteroatoms. The van der Waals surface area contributed by atoms with Crippen molar-refractivity contribution in [3.05, 3.63) is 53.6 Å². The van der Waals surface area contributed by atoms with Crippen molar-refractivity contribution in [1.29, 1.82) is 0 Å². The number of hydrogen-bond donors (Lipinski definition) is 1. The molecule has 0 saturated heterocycles. The zero-order valence-electron chi connectivity index (χ0n) is 13.9. The first-order valence-electron chi connectivity index (χ1n) is 7.68. The van der Waals surface area contributed by atoms with Gasteiger partial charge in [0.05, 0.1) is 18.1 Å². The normalized spacial score (nSPS) is 12.4. The van der Waals surface area contributed by atoms with E-state index in [0.29, 0.717) is 13.1 Å². The molecule has 0 heterocycles. The van der Waals surface area contributed by atoms with E-state index in [9.17, 15) is 13.2 Å². The molecule has 0 aliphatic heterocycles. The predicted molar refractivity (Wildman–Crippen MR) is 91.8 cm³/mol. The van der Waals surface area contributed by atoms with Crippen molar-refractivity contribution in [2.75, 3.05) is 26.3 Å². The van der Waals surface area contributed by atoms with Crippen LogP contribution in [-0.4, -0.2) is 50.7 Å². The average Bonchev–Trinajstić information content (AvgIpc) is 2.58. The Morgan fingerprint density at radius 2 is 1.92 bits per heavy atom. The standard InChI is InChI=1S/C17H23NO5S/c1-3-18(13-14-19)12-8-11-16(17(20)23-4-2)24(21,22)15-9-6-5-7-10-15/h5-12,19H,3-4,13-14H2,1-2H3/b12-8+,16-11-. The Bertz CT molecular complexity index is 680. The lowest BCUT2D eigenvalue weighted by atomic mass is 10.4. The first kappa shape index (κ1) is 19.9. The van der Waals surface area contributed by atoms with E-state index >= 15 is 0 Å². The molecule has 1 aromatic carbocycles. The van der Waals surface area contributed by atoms with Gasteiger partial charge in [-0.05, 0) is 44.3 Å². The number of benzene rings is 1. The first-order chi connectivity index (χ1) is 11.5. The number of carbonyl (C=O) groups excluding carboxylic acids is 1. The largest absolute Gasteiger partial charge is 0.462 e. The minimum atomic E-state index is -3.97. The Balaban J connectivity index is 3.20. The molecule has 0 spiro atoms. The highest BCUT2D eigenvalue weighted by atomic mass is 32.2. The minimum absolute atomic E-state index is 0.0189. The SMILES string of the molecule is CCOC(=O)/C(=C/C=C/N(CC)CCO)S(=O)(=O)c1ccccc1.